The van der Waals surface area contributed by atoms with Crippen molar-refractivity contribution in [1.29, 1.82) is 0 Å². The second kappa shape index (κ2) is 4.56. The van der Waals surface area contributed by atoms with Crippen LogP contribution in [0.3, 0.4) is 0 Å². The molecule has 17 heavy (non-hydrogen) atoms. The van der Waals surface area contributed by atoms with Gasteiger partial charge in [-0.1, -0.05) is 6.92 Å². The third-order valence-electron chi connectivity index (χ3n) is 3.17. The number of allylic oxidation sites excluding steroid dienone is 1. The summed E-state index contributed by atoms with van der Waals surface area (Å²) in [5, 5.41) is 18.8. The lowest BCUT2D eigenvalue weighted by molar-refractivity contribution is -0.145. The van der Waals surface area contributed by atoms with E-state index in [9.17, 15) is 14.7 Å². The second-order valence-corrected chi connectivity index (χ2v) is 4.36. The second-order valence-electron chi connectivity index (χ2n) is 4.36. The lowest BCUT2D eigenvalue weighted by Crippen LogP contribution is -2.42. The fourth-order valence-electron chi connectivity index (χ4n) is 2.13. The van der Waals surface area contributed by atoms with Crippen LogP contribution in [-0.4, -0.2) is 51.8 Å². The van der Waals surface area contributed by atoms with Gasteiger partial charge in [0.25, 0.3) is 0 Å². The van der Waals surface area contributed by atoms with E-state index < -0.39 is 18.4 Å². The summed E-state index contributed by atoms with van der Waals surface area (Å²) in [7, 11) is 0. The summed E-state index contributed by atoms with van der Waals surface area (Å²) < 4.78 is 5.42. The number of aliphatic hydroxyl groups is 2. The monoisotopic (exact) mass is 241 g/mol. The fraction of sp³-hybridized carbons (Fsp3) is 0.636. The van der Waals surface area contributed by atoms with E-state index in [1.807, 2.05) is 0 Å². The summed E-state index contributed by atoms with van der Waals surface area (Å²) in [4.78, 5) is 24.0. The molecule has 2 rings (SSSR count). The van der Waals surface area contributed by atoms with E-state index in [2.05, 4.69) is 0 Å². The maximum atomic E-state index is 11.7. The molecule has 0 saturated carbocycles. The third-order valence-corrected chi connectivity index (χ3v) is 3.17. The van der Waals surface area contributed by atoms with Gasteiger partial charge in [0.05, 0.1) is 19.1 Å². The van der Waals surface area contributed by atoms with Gasteiger partial charge in [-0.05, 0) is 6.08 Å². The zero-order valence-electron chi connectivity index (χ0n) is 9.44. The minimum absolute atomic E-state index is 0.178. The Hall–Kier alpha value is -1.24. The van der Waals surface area contributed by atoms with Gasteiger partial charge in [-0.2, -0.15) is 0 Å². The summed E-state index contributed by atoms with van der Waals surface area (Å²) in [6.07, 6.45) is 0.387. The highest BCUT2D eigenvalue weighted by Gasteiger charge is 2.44. The van der Waals surface area contributed by atoms with Gasteiger partial charge in [0.2, 0.25) is 5.91 Å². The molecule has 0 aliphatic carbocycles. The van der Waals surface area contributed by atoms with E-state index in [1.165, 1.54) is 17.2 Å². The predicted molar refractivity (Wildman–Crippen MR) is 56.5 cm³/mol. The van der Waals surface area contributed by atoms with Crippen LogP contribution in [0.4, 0.5) is 0 Å². The minimum atomic E-state index is -0.816. The largest absolute Gasteiger partial charge is 0.394 e. The molecule has 1 saturated heterocycles. The zero-order valence-corrected chi connectivity index (χ0v) is 9.44. The van der Waals surface area contributed by atoms with Gasteiger partial charge in [0.15, 0.2) is 5.78 Å². The summed E-state index contributed by atoms with van der Waals surface area (Å²) in [5.74, 6) is -0.898. The smallest absolute Gasteiger partial charge is 0.236 e. The van der Waals surface area contributed by atoms with Crippen LogP contribution in [0, 0.1) is 5.92 Å². The molecule has 6 heteroatoms. The van der Waals surface area contributed by atoms with E-state index in [0.29, 0.717) is 0 Å². The molecular formula is C11H15NO5. The number of rotatable bonds is 2. The van der Waals surface area contributed by atoms with Gasteiger partial charge >= 0.3 is 0 Å². The number of amides is 1. The van der Waals surface area contributed by atoms with E-state index in [-0.39, 0.29) is 30.6 Å². The van der Waals surface area contributed by atoms with Crippen LogP contribution in [0.1, 0.15) is 13.3 Å². The van der Waals surface area contributed by atoms with Crippen molar-refractivity contribution in [3.63, 3.8) is 0 Å². The molecule has 6 nitrogen and oxygen atoms in total. The van der Waals surface area contributed by atoms with Crippen molar-refractivity contribution in [2.75, 3.05) is 6.61 Å². The Morgan fingerprint density at radius 2 is 2.24 bits per heavy atom. The molecule has 1 fully saturated rings. The summed E-state index contributed by atoms with van der Waals surface area (Å²) in [6.45, 7) is 1.44. The van der Waals surface area contributed by atoms with Crippen LogP contribution in [0.25, 0.3) is 0 Å². The van der Waals surface area contributed by atoms with Crippen LogP contribution in [0.2, 0.25) is 0 Å². The number of ketones is 1. The first-order chi connectivity index (χ1) is 8.04. The topological polar surface area (TPSA) is 87.1 Å². The van der Waals surface area contributed by atoms with Crippen molar-refractivity contribution >= 4 is 11.7 Å². The number of carbonyl (C=O) groups is 2. The zero-order chi connectivity index (χ0) is 12.6. The van der Waals surface area contributed by atoms with Crippen molar-refractivity contribution < 1.29 is 24.5 Å². The maximum absolute atomic E-state index is 11.7. The SMILES string of the molecule is CC1[C@H](N2C=CC(=O)CC2=O)O[C@H](CO)[C@H]1O. The summed E-state index contributed by atoms with van der Waals surface area (Å²) >= 11 is 0. The molecule has 1 unspecified atom stereocenters. The maximum Gasteiger partial charge on any atom is 0.236 e. The van der Waals surface area contributed by atoms with Crippen molar-refractivity contribution in [2.24, 2.45) is 5.92 Å². The number of nitrogens with zero attached hydrogens (tertiary/aromatic N) is 1. The molecule has 2 aliphatic rings. The molecule has 0 bridgehead atoms. The Kier molecular flexibility index (Phi) is 3.28. The molecule has 2 aliphatic heterocycles. The number of ether oxygens (including phenoxy) is 1. The molecular weight excluding hydrogens is 226 g/mol. The molecule has 0 aromatic heterocycles. The Morgan fingerprint density at radius 3 is 2.76 bits per heavy atom. The third kappa shape index (κ3) is 2.11. The Morgan fingerprint density at radius 1 is 1.53 bits per heavy atom. The number of carbonyl (C=O) groups excluding carboxylic acids is 2. The van der Waals surface area contributed by atoms with Crippen LogP contribution in [0.15, 0.2) is 12.3 Å². The molecule has 94 valence electrons. The highest BCUT2D eigenvalue weighted by atomic mass is 16.5. The first-order valence-corrected chi connectivity index (χ1v) is 5.51. The van der Waals surface area contributed by atoms with E-state index in [0.717, 1.165) is 0 Å². The van der Waals surface area contributed by atoms with Gasteiger partial charge in [-0.15, -0.1) is 0 Å². The number of hydrogen-bond donors (Lipinski definition) is 2. The molecule has 2 N–H and O–H groups in total. The lowest BCUT2D eigenvalue weighted by Gasteiger charge is -2.29. The molecule has 4 atom stereocenters. The Labute approximate surface area is 98.5 Å². The molecule has 2 heterocycles. The van der Waals surface area contributed by atoms with Gasteiger partial charge in [-0.25, -0.2) is 0 Å². The van der Waals surface area contributed by atoms with Crippen LogP contribution in [-0.2, 0) is 14.3 Å². The number of aliphatic hydroxyl groups excluding tert-OH is 2. The molecule has 1 amide bonds. The molecule has 0 radical (unpaired) electrons. The Balaban J connectivity index is 2.16. The summed E-state index contributed by atoms with van der Waals surface area (Å²) in [6, 6.07) is 0. The fourth-order valence-corrected chi connectivity index (χ4v) is 2.13. The quantitative estimate of drug-likeness (QED) is 0.606. The normalized spacial score (nSPS) is 37.9. The van der Waals surface area contributed by atoms with Crippen LogP contribution < -0.4 is 0 Å². The van der Waals surface area contributed by atoms with Gasteiger partial charge in [0, 0.05) is 12.1 Å². The lowest BCUT2D eigenvalue weighted by atomic mass is 10.0. The highest BCUT2D eigenvalue weighted by molar-refractivity contribution is 6.06. The van der Waals surface area contributed by atoms with Crippen LogP contribution in [0.5, 0.6) is 0 Å². The van der Waals surface area contributed by atoms with Gasteiger partial charge in [0.1, 0.15) is 12.3 Å². The van der Waals surface area contributed by atoms with Crippen molar-refractivity contribution in [2.45, 2.75) is 31.8 Å². The van der Waals surface area contributed by atoms with Gasteiger partial charge in [-0.3, -0.25) is 14.5 Å². The predicted octanol–water partition coefficient (Wildman–Crippen LogP) is -0.984. The average Bonchev–Trinajstić information content (AvgIpc) is 2.57. The molecule has 0 spiro atoms. The first kappa shape index (κ1) is 12.2. The first-order valence-electron chi connectivity index (χ1n) is 5.51. The van der Waals surface area contributed by atoms with E-state index in [1.54, 1.807) is 6.92 Å². The minimum Gasteiger partial charge on any atom is -0.394 e. The highest BCUT2D eigenvalue weighted by Crippen LogP contribution is 2.30. The van der Waals surface area contributed by atoms with E-state index in [4.69, 9.17) is 9.84 Å². The van der Waals surface area contributed by atoms with Crippen molar-refractivity contribution in [3.05, 3.63) is 12.3 Å². The van der Waals surface area contributed by atoms with E-state index >= 15 is 0 Å². The van der Waals surface area contributed by atoms with Crippen molar-refractivity contribution in [3.8, 4) is 0 Å². The Bertz CT molecular complexity index is 367. The molecule has 0 aromatic carbocycles. The molecule has 0 aromatic rings. The summed E-state index contributed by atoms with van der Waals surface area (Å²) in [5.41, 5.74) is 0. The standard InChI is InChI=1S/C11H15NO5/c1-6-10(16)8(5-13)17-11(6)12-3-2-7(14)4-9(12)15/h2-3,6,8,10-11,13,16H,4-5H2,1H3/t6?,8-,10+,11-/m1/s1. The van der Waals surface area contributed by atoms with Gasteiger partial charge < -0.3 is 14.9 Å². The number of hydrogen-bond acceptors (Lipinski definition) is 5. The average molecular weight is 241 g/mol. The van der Waals surface area contributed by atoms with Crippen molar-refractivity contribution in [1.82, 2.24) is 4.90 Å². The van der Waals surface area contributed by atoms with Crippen LogP contribution >= 0.6 is 0 Å².